The molecule has 1 aromatic heterocycles. The highest BCUT2D eigenvalue weighted by Crippen LogP contribution is 2.27. The predicted molar refractivity (Wildman–Crippen MR) is 72.4 cm³/mol. The summed E-state index contributed by atoms with van der Waals surface area (Å²) in [5.74, 6) is 0.822. The van der Waals surface area contributed by atoms with Gasteiger partial charge in [-0.3, -0.25) is 4.79 Å². The third-order valence-electron chi connectivity index (χ3n) is 3.20. The fraction of sp³-hybridized carbons (Fsp3) is 0.769. The quantitative estimate of drug-likeness (QED) is 0.767. The minimum atomic E-state index is -0.327. The molecule has 6 heteroatoms. The maximum Gasteiger partial charge on any atom is 0.244 e. The van der Waals surface area contributed by atoms with Crippen LogP contribution in [0.3, 0.4) is 0 Å². The molecule has 19 heavy (non-hydrogen) atoms. The van der Waals surface area contributed by atoms with Gasteiger partial charge >= 0.3 is 0 Å². The Kier molecular flexibility index (Phi) is 4.52. The lowest BCUT2D eigenvalue weighted by Gasteiger charge is -2.13. The first-order valence-electron chi connectivity index (χ1n) is 6.98. The highest BCUT2D eigenvalue weighted by molar-refractivity contribution is 5.79. The van der Waals surface area contributed by atoms with Gasteiger partial charge in [0.15, 0.2) is 0 Å². The van der Waals surface area contributed by atoms with Gasteiger partial charge in [0, 0.05) is 12.6 Å². The molecule has 0 spiro atoms. The number of carbonyl (C=O) groups excluding carboxylic acids is 1. The number of amides is 1. The monoisotopic (exact) mass is 265 g/mol. The molecule has 1 fully saturated rings. The van der Waals surface area contributed by atoms with Crippen LogP contribution in [0.25, 0.3) is 0 Å². The molecule has 1 saturated carbocycles. The van der Waals surface area contributed by atoms with Gasteiger partial charge in [0.2, 0.25) is 5.91 Å². The smallest absolute Gasteiger partial charge is 0.244 e. The highest BCUT2D eigenvalue weighted by Gasteiger charge is 2.21. The average molecular weight is 265 g/mol. The standard InChI is InChI=1S/C13H23N5O/c1-9(2)15-13(19)10(3)18-8-12(16-17-18)7-14-6-11-4-5-11/h8-11,14H,4-7H2,1-3H3,(H,15,19). The van der Waals surface area contributed by atoms with Crippen LogP contribution >= 0.6 is 0 Å². The van der Waals surface area contributed by atoms with Gasteiger partial charge in [0.25, 0.3) is 0 Å². The summed E-state index contributed by atoms with van der Waals surface area (Å²) >= 11 is 0. The molecule has 0 saturated heterocycles. The minimum absolute atomic E-state index is 0.0302. The zero-order valence-corrected chi connectivity index (χ0v) is 11.9. The number of nitrogens with one attached hydrogen (secondary N) is 2. The molecule has 0 aliphatic heterocycles. The number of nitrogens with zero attached hydrogens (tertiary/aromatic N) is 3. The lowest BCUT2D eigenvalue weighted by atomic mass is 10.3. The minimum Gasteiger partial charge on any atom is -0.352 e. The molecular formula is C13H23N5O. The summed E-state index contributed by atoms with van der Waals surface area (Å²) < 4.78 is 1.62. The zero-order chi connectivity index (χ0) is 13.8. The molecule has 1 atom stereocenters. The summed E-state index contributed by atoms with van der Waals surface area (Å²) in [6.45, 7) is 7.48. The Labute approximate surface area is 113 Å². The third kappa shape index (κ3) is 4.31. The first-order chi connectivity index (χ1) is 9.06. The van der Waals surface area contributed by atoms with E-state index in [1.165, 1.54) is 12.8 Å². The number of hydrogen-bond acceptors (Lipinski definition) is 4. The molecule has 106 valence electrons. The summed E-state index contributed by atoms with van der Waals surface area (Å²) in [6.07, 6.45) is 4.52. The van der Waals surface area contributed by atoms with Gasteiger partial charge in [0.1, 0.15) is 6.04 Å². The second-order valence-corrected chi connectivity index (χ2v) is 5.60. The van der Waals surface area contributed by atoms with E-state index in [2.05, 4.69) is 20.9 Å². The molecule has 1 aromatic rings. The molecule has 2 N–H and O–H groups in total. The predicted octanol–water partition coefficient (Wildman–Crippen LogP) is 0.863. The van der Waals surface area contributed by atoms with Gasteiger partial charge in [-0.15, -0.1) is 5.10 Å². The Bertz CT molecular complexity index is 424. The first-order valence-corrected chi connectivity index (χ1v) is 6.98. The Balaban J connectivity index is 1.82. The molecule has 0 radical (unpaired) electrons. The van der Waals surface area contributed by atoms with Crippen LogP contribution in [0.2, 0.25) is 0 Å². The number of rotatable bonds is 7. The third-order valence-corrected chi connectivity index (χ3v) is 3.20. The van der Waals surface area contributed by atoms with E-state index in [1.807, 2.05) is 27.0 Å². The van der Waals surface area contributed by atoms with Crippen molar-refractivity contribution in [2.24, 2.45) is 5.92 Å². The molecule has 1 unspecified atom stereocenters. The van der Waals surface area contributed by atoms with Crippen molar-refractivity contribution in [2.45, 2.75) is 52.2 Å². The SMILES string of the molecule is CC(C)NC(=O)C(C)n1cc(CNCC2CC2)nn1. The van der Waals surface area contributed by atoms with Crippen LogP contribution in [0.1, 0.15) is 45.3 Å². The van der Waals surface area contributed by atoms with Gasteiger partial charge in [0.05, 0.1) is 11.9 Å². The molecule has 2 rings (SSSR count). The molecule has 1 aliphatic carbocycles. The van der Waals surface area contributed by atoms with Crippen LogP contribution in [-0.4, -0.2) is 33.5 Å². The second kappa shape index (κ2) is 6.14. The van der Waals surface area contributed by atoms with E-state index in [0.717, 1.165) is 24.7 Å². The van der Waals surface area contributed by atoms with E-state index in [1.54, 1.807) is 4.68 Å². The Hall–Kier alpha value is -1.43. The highest BCUT2D eigenvalue weighted by atomic mass is 16.2. The van der Waals surface area contributed by atoms with E-state index in [-0.39, 0.29) is 18.0 Å². The number of carbonyl (C=O) groups is 1. The van der Waals surface area contributed by atoms with Crippen LogP contribution in [0.5, 0.6) is 0 Å². The van der Waals surface area contributed by atoms with Crippen LogP contribution < -0.4 is 10.6 Å². The van der Waals surface area contributed by atoms with Crippen LogP contribution in [0.4, 0.5) is 0 Å². The molecule has 1 amide bonds. The van der Waals surface area contributed by atoms with E-state index in [4.69, 9.17) is 0 Å². The van der Waals surface area contributed by atoms with Gasteiger partial charge < -0.3 is 10.6 Å². The van der Waals surface area contributed by atoms with Crippen molar-refractivity contribution in [1.29, 1.82) is 0 Å². The van der Waals surface area contributed by atoms with E-state index < -0.39 is 0 Å². The second-order valence-electron chi connectivity index (χ2n) is 5.60. The van der Waals surface area contributed by atoms with Crippen molar-refractivity contribution in [2.75, 3.05) is 6.54 Å². The number of hydrogen-bond donors (Lipinski definition) is 2. The molecule has 0 aromatic carbocycles. The Morgan fingerprint density at radius 2 is 2.21 bits per heavy atom. The van der Waals surface area contributed by atoms with E-state index in [9.17, 15) is 4.79 Å². The Morgan fingerprint density at radius 3 is 2.84 bits per heavy atom. The first kappa shape index (κ1) is 14.0. The largest absolute Gasteiger partial charge is 0.352 e. The van der Waals surface area contributed by atoms with Gasteiger partial charge in [-0.05, 0) is 46.1 Å². The lowest BCUT2D eigenvalue weighted by Crippen LogP contribution is -2.35. The van der Waals surface area contributed by atoms with Crippen molar-refractivity contribution in [3.8, 4) is 0 Å². The summed E-state index contributed by atoms with van der Waals surface area (Å²) in [7, 11) is 0. The van der Waals surface area contributed by atoms with Crippen LogP contribution in [-0.2, 0) is 11.3 Å². The summed E-state index contributed by atoms with van der Waals surface area (Å²) in [6, 6.07) is -0.190. The number of aromatic nitrogens is 3. The zero-order valence-electron chi connectivity index (χ0n) is 11.9. The normalized spacial score (nSPS) is 16.6. The maximum atomic E-state index is 11.9. The van der Waals surface area contributed by atoms with Crippen molar-refractivity contribution >= 4 is 5.91 Å². The summed E-state index contributed by atoms with van der Waals surface area (Å²) in [5.41, 5.74) is 0.879. The molecular weight excluding hydrogens is 242 g/mol. The van der Waals surface area contributed by atoms with Crippen LogP contribution in [0, 0.1) is 5.92 Å². The summed E-state index contributed by atoms with van der Waals surface area (Å²) in [4.78, 5) is 11.9. The molecule has 1 aliphatic rings. The molecule has 6 nitrogen and oxygen atoms in total. The van der Waals surface area contributed by atoms with Gasteiger partial charge in [-0.1, -0.05) is 5.21 Å². The average Bonchev–Trinajstić information content (AvgIpc) is 3.04. The maximum absolute atomic E-state index is 11.9. The Morgan fingerprint density at radius 1 is 1.47 bits per heavy atom. The van der Waals surface area contributed by atoms with Crippen molar-refractivity contribution in [1.82, 2.24) is 25.6 Å². The molecule has 0 bridgehead atoms. The summed E-state index contributed by atoms with van der Waals surface area (Å²) in [5, 5.41) is 14.3. The van der Waals surface area contributed by atoms with Crippen molar-refractivity contribution < 1.29 is 4.79 Å². The van der Waals surface area contributed by atoms with E-state index in [0.29, 0.717) is 0 Å². The van der Waals surface area contributed by atoms with Crippen molar-refractivity contribution in [3.63, 3.8) is 0 Å². The van der Waals surface area contributed by atoms with Crippen molar-refractivity contribution in [3.05, 3.63) is 11.9 Å². The van der Waals surface area contributed by atoms with E-state index >= 15 is 0 Å². The van der Waals surface area contributed by atoms with Gasteiger partial charge in [-0.25, -0.2) is 4.68 Å². The fourth-order valence-corrected chi connectivity index (χ4v) is 1.84. The lowest BCUT2D eigenvalue weighted by molar-refractivity contribution is -0.124. The van der Waals surface area contributed by atoms with Gasteiger partial charge in [-0.2, -0.15) is 0 Å². The molecule has 1 heterocycles. The van der Waals surface area contributed by atoms with Crippen LogP contribution in [0.15, 0.2) is 6.20 Å². The topological polar surface area (TPSA) is 71.8 Å². The fourth-order valence-electron chi connectivity index (χ4n) is 1.84.